The highest BCUT2D eigenvalue weighted by Gasteiger charge is 2.33. The van der Waals surface area contributed by atoms with Gasteiger partial charge in [-0.25, -0.2) is 8.42 Å². The molecule has 4 rings (SSSR count). The van der Waals surface area contributed by atoms with Gasteiger partial charge in [-0.1, -0.05) is 0 Å². The summed E-state index contributed by atoms with van der Waals surface area (Å²) < 4.78 is 48.9. The lowest BCUT2D eigenvalue weighted by Crippen LogP contribution is -2.43. The van der Waals surface area contributed by atoms with E-state index in [0.717, 1.165) is 5.56 Å². The standard InChI is InChI=1S/C26H33NO8S2/c1-32-21-2-4-22(5-3-21)37(30,31)23(6-11-28)7-12-34-25-17-20(19-8-15-36-18-19)16-24(35-25)26(29)27-9-13-33-14-10-27/h2-5,8,15-16,18,20,23,25,28H,6-7,9-14,17H2,1H3/t20-,23?,25+/m0/s1. The second-order valence-corrected chi connectivity index (χ2v) is 11.9. The molecule has 2 aromatic rings. The molecule has 0 radical (unpaired) electrons. The fourth-order valence-electron chi connectivity index (χ4n) is 4.44. The molecule has 202 valence electrons. The molecule has 11 heteroatoms. The van der Waals surface area contributed by atoms with E-state index in [-0.39, 0.29) is 48.5 Å². The average molecular weight is 552 g/mol. The Bertz CT molecular complexity index is 1140. The zero-order chi connectivity index (χ0) is 26.3. The molecule has 0 aliphatic carbocycles. The van der Waals surface area contributed by atoms with Gasteiger partial charge in [0.15, 0.2) is 15.6 Å². The lowest BCUT2D eigenvalue weighted by Gasteiger charge is -2.33. The predicted octanol–water partition coefficient (Wildman–Crippen LogP) is 2.96. The molecule has 0 bridgehead atoms. The Hall–Kier alpha value is -2.44. The van der Waals surface area contributed by atoms with E-state index in [0.29, 0.717) is 38.5 Å². The van der Waals surface area contributed by atoms with E-state index in [9.17, 15) is 18.3 Å². The molecule has 37 heavy (non-hydrogen) atoms. The van der Waals surface area contributed by atoms with Gasteiger partial charge in [-0.3, -0.25) is 4.79 Å². The van der Waals surface area contributed by atoms with Crippen molar-refractivity contribution in [1.29, 1.82) is 0 Å². The molecule has 1 saturated heterocycles. The van der Waals surface area contributed by atoms with Crippen molar-refractivity contribution in [3.8, 4) is 5.75 Å². The number of carbonyl (C=O) groups is 1. The first-order valence-electron chi connectivity index (χ1n) is 12.3. The normalized spacial score (nSPS) is 21.1. The highest BCUT2D eigenvalue weighted by Crippen LogP contribution is 2.33. The number of ether oxygens (including phenoxy) is 4. The predicted molar refractivity (Wildman–Crippen MR) is 138 cm³/mol. The second-order valence-electron chi connectivity index (χ2n) is 8.90. The number of benzene rings is 1. The zero-order valence-electron chi connectivity index (χ0n) is 20.8. The Morgan fingerprint density at radius 2 is 1.95 bits per heavy atom. The number of amides is 1. The summed E-state index contributed by atoms with van der Waals surface area (Å²) in [5.74, 6) is 0.552. The third-order valence-electron chi connectivity index (χ3n) is 6.56. The van der Waals surface area contributed by atoms with Gasteiger partial charge >= 0.3 is 0 Å². The first kappa shape index (κ1) is 27.6. The average Bonchev–Trinajstić information content (AvgIpc) is 3.48. The summed E-state index contributed by atoms with van der Waals surface area (Å²) in [6.07, 6.45) is 1.92. The third kappa shape index (κ3) is 6.91. The summed E-state index contributed by atoms with van der Waals surface area (Å²) in [5.41, 5.74) is 1.08. The van der Waals surface area contributed by atoms with E-state index in [1.54, 1.807) is 28.4 Å². The van der Waals surface area contributed by atoms with E-state index in [1.807, 2.05) is 22.9 Å². The van der Waals surface area contributed by atoms with Crippen molar-refractivity contribution >= 4 is 27.1 Å². The largest absolute Gasteiger partial charge is 0.497 e. The SMILES string of the molecule is COc1ccc(S(=O)(=O)C(CCO)CCO[C@H]2C[C@@H](c3ccsc3)C=C(C(=O)N3CCOCC3)O2)cc1. The lowest BCUT2D eigenvalue weighted by atomic mass is 9.95. The quantitative estimate of drug-likeness (QED) is 0.454. The molecule has 0 spiro atoms. The fourth-order valence-corrected chi connectivity index (χ4v) is 6.89. The number of hydrogen-bond donors (Lipinski definition) is 1. The van der Waals surface area contributed by atoms with Crippen LogP contribution in [0.2, 0.25) is 0 Å². The molecule has 1 aromatic heterocycles. The molecule has 9 nitrogen and oxygen atoms in total. The Morgan fingerprint density at radius 3 is 2.59 bits per heavy atom. The van der Waals surface area contributed by atoms with Crippen LogP contribution in [0.25, 0.3) is 0 Å². The third-order valence-corrected chi connectivity index (χ3v) is 9.54. The summed E-state index contributed by atoms with van der Waals surface area (Å²) in [6, 6.07) is 8.22. The Labute approximate surface area is 221 Å². The van der Waals surface area contributed by atoms with E-state index in [1.165, 1.54) is 19.2 Å². The number of aliphatic hydroxyl groups excluding tert-OH is 1. The van der Waals surface area contributed by atoms with Crippen LogP contribution in [0.1, 0.15) is 30.7 Å². The van der Waals surface area contributed by atoms with E-state index < -0.39 is 21.4 Å². The number of hydrogen-bond acceptors (Lipinski definition) is 9. The van der Waals surface area contributed by atoms with E-state index >= 15 is 0 Å². The van der Waals surface area contributed by atoms with Crippen LogP contribution in [0.4, 0.5) is 0 Å². The van der Waals surface area contributed by atoms with Gasteiger partial charge in [0.1, 0.15) is 5.75 Å². The zero-order valence-corrected chi connectivity index (χ0v) is 22.4. The van der Waals surface area contributed by atoms with Crippen LogP contribution in [0.3, 0.4) is 0 Å². The Morgan fingerprint density at radius 1 is 1.19 bits per heavy atom. The van der Waals surface area contributed by atoms with Gasteiger partial charge < -0.3 is 29.0 Å². The van der Waals surface area contributed by atoms with Gasteiger partial charge in [0, 0.05) is 32.0 Å². The molecule has 2 aliphatic rings. The number of allylic oxidation sites excluding steroid dienone is 1. The van der Waals surface area contributed by atoms with Crippen molar-refractivity contribution in [3.63, 3.8) is 0 Å². The smallest absolute Gasteiger partial charge is 0.288 e. The molecule has 2 aliphatic heterocycles. The minimum atomic E-state index is -3.70. The topological polar surface area (TPSA) is 112 Å². The highest BCUT2D eigenvalue weighted by atomic mass is 32.2. The molecule has 1 fully saturated rings. The number of morpholine rings is 1. The summed E-state index contributed by atoms with van der Waals surface area (Å²) in [5, 5.41) is 12.7. The van der Waals surface area contributed by atoms with Crippen LogP contribution < -0.4 is 4.74 Å². The molecular weight excluding hydrogens is 518 g/mol. The number of rotatable bonds is 11. The Kier molecular flexibility index (Phi) is 9.60. The first-order chi connectivity index (χ1) is 17.9. The highest BCUT2D eigenvalue weighted by molar-refractivity contribution is 7.92. The van der Waals surface area contributed by atoms with Crippen LogP contribution in [0.15, 0.2) is 57.8 Å². The van der Waals surface area contributed by atoms with Gasteiger partial charge in [0.05, 0.1) is 37.1 Å². The minimum Gasteiger partial charge on any atom is -0.497 e. The van der Waals surface area contributed by atoms with Gasteiger partial charge in [0.25, 0.3) is 5.91 Å². The summed E-state index contributed by atoms with van der Waals surface area (Å²) in [4.78, 5) is 15.0. The van der Waals surface area contributed by atoms with Crippen molar-refractivity contribution < 1.29 is 37.3 Å². The van der Waals surface area contributed by atoms with Gasteiger partial charge in [0.2, 0.25) is 6.29 Å². The lowest BCUT2D eigenvalue weighted by molar-refractivity contribution is -0.155. The van der Waals surface area contributed by atoms with Gasteiger partial charge in [-0.15, -0.1) is 0 Å². The van der Waals surface area contributed by atoms with E-state index in [2.05, 4.69) is 0 Å². The maximum absolute atomic E-state index is 13.2. The number of carbonyl (C=O) groups excluding carboxylic acids is 1. The number of sulfone groups is 1. The van der Waals surface area contributed by atoms with Crippen molar-refractivity contribution in [2.45, 2.75) is 41.6 Å². The molecule has 1 amide bonds. The fraction of sp³-hybridized carbons (Fsp3) is 0.500. The second kappa shape index (κ2) is 12.9. The number of thiophene rings is 1. The summed E-state index contributed by atoms with van der Waals surface area (Å²) in [6.45, 7) is 1.81. The molecule has 1 unspecified atom stereocenters. The number of methoxy groups -OCH3 is 1. The maximum Gasteiger partial charge on any atom is 0.288 e. The van der Waals surface area contributed by atoms with E-state index in [4.69, 9.17) is 18.9 Å². The molecule has 0 saturated carbocycles. The van der Waals surface area contributed by atoms with Crippen molar-refractivity contribution in [2.75, 3.05) is 46.6 Å². The molecule has 1 N–H and O–H groups in total. The van der Waals surface area contributed by atoms with Crippen LogP contribution in [-0.4, -0.2) is 82.5 Å². The van der Waals surface area contributed by atoms with Gasteiger partial charge in [-0.05, 0) is 65.6 Å². The Balaban J connectivity index is 1.42. The summed E-state index contributed by atoms with van der Waals surface area (Å²) >= 11 is 1.58. The first-order valence-corrected chi connectivity index (χ1v) is 14.8. The molecule has 3 heterocycles. The maximum atomic E-state index is 13.2. The molecule has 1 aromatic carbocycles. The number of nitrogens with zero attached hydrogens (tertiary/aromatic N) is 1. The molecular formula is C26H33NO8S2. The van der Waals surface area contributed by atoms with Crippen molar-refractivity contribution in [2.24, 2.45) is 0 Å². The van der Waals surface area contributed by atoms with Crippen molar-refractivity contribution in [3.05, 3.63) is 58.5 Å². The van der Waals surface area contributed by atoms with Crippen LogP contribution in [0, 0.1) is 0 Å². The minimum absolute atomic E-state index is 0.0544. The van der Waals surface area contributed by atoms with Crippen LogP contribution in [-0.2, 0) is 28.8 Å². The van der Waals surface area contributed by atoms with Crippen molar-refractivity contribution in [1.82, 2.24) is 4.90 Å². The van der Waals surface area contributed by atoms with Crippen LogP contribution >= 0.6 is 11.3 Å². The van der Waals surface area contributed by atoms with Crippen LogP contribution in [0.5, 0.6) is 5.75 Å². The molecule has 3 atom stereocenters. The monoisotopic (exact) mass is 551 g/mol. The number of aliphatic hydroxyl groups is 1. The van der Waals surface area contributed by atoms with Gasteiger partial charge in [-0.2, -0.15) is 11.3 Å². The summed E-state index contributed by atoms with van der Waals surface area (Å²) in [7, 11) is -2.18.